The minimum Gasteiger partial charge on any atom is -0.493 e. The smallest absolute Gasteiger partial charge is 0.283 e. The molecule has 0 saturated heterocycles. The second-order valence-corrected chi connectivity index (χ2v) is 10.6. The van der Waals surface area contributed by atoms with E-state index in [-0.39, 0.29) is 21.7 Å². The van der Waals surface area contributed by atoms with E-state index in [0.717, 1.165) is 23.1 Å². The maximum absolute atomic E-state index is 12.5. The van der Waals surface area contributed by atoms with Crippen molar-refractivity contribution in [1.82, 2.24) is 4.90 Å². The SMILES string of the molecule is COc1cc(/C=C2/C(=N)N3C(=NC2=O)SN=C3S(C)(=O)=O)ccc1OCCCOc1ccccc1Cl. The molecule has 2 aromatic carbocycles. The van der Waals surface area contributed by atoms with Gasteiger partial charge in [0.05, 0.1) is 42.9 Å². The van der Waals surface area contributed by atoms with E-state index in [2.05, 4.69) is 9.39 Å². The van der Waals surface area contributed by atoms with Gasteiger partial charge in [-0.15, -0.1) is 0 Å². The van der Waals surface area contributed by atoms with Crippen molar-refractivity contribution >= 4 is 61.5 Å². The molecule has 2 aliphatic heterocycles. The number of aliphatic imine (C=N–C) groups is 1. The third-order valence-corrected chi connectivity index (χ3v) is 7.03. The Morgan fingerprint density at radius 3 is 2.53 bits per heavy atom. The van der Waals surface area contributed by atoms with Crippen molar-refractivity contribution in [1.29, 1.82) is 5.41 Å². The lowest BCUT2D eigenvalue weighted by atomic mass is 10.1. The van der Waals surface area contributed by atoms with Gasteiger partial charge in [0.15, 0.2) is 11.5 Å². The quantitative estimate of drug-likeness (QED) is 0.299. The number of sulfone groups is 1. The molecule has 188 valence electrons. The third kappa shape index (κ3) is 5.55. The molecule has 0 bridgehead atoms. The van der Waals surface area contributed by atoms with E-state index in [0.29, 0.717) is 47.5 Å². The van der Waals surface area contributed by atoms with Crippen LogP contribution >= 0.6 is 23.5 Å². The Morgan fingerprint density at radius 1 is 1.11 bits per heavy atom. The molecule has 0 atom stereocenters. The number of halogens is 1. The van der Waals surface area contributed by atoms with E-state index in [1.54, 1.807) is 30.3 Å². The molecule has 2 aromatic rings. The van der Waals surface area contributed by atoms with Crippen molar-refractivity contribution < 1.29 is 27.4 Å². The highest BCUT2D eigenvalue weighted by atomic mass is 35.5. The van der Waals surface area contributed by atoms with Gasteiger partial charge in [-0.2, -0.15) is 9.39 Å². The fraction of sp³-hybridized carbons (Fsp3) is 0.217. The van der Waals surface area contributed by atoms with E-state index >= 15 is 0 Å². The van der Waals surface area contributed by atoms with Crippen LogP contribution in [0.5, 0.6) is 17.2 Å². The van der Waals surface area contributed by atoms with Gasteiger partial charge >= 0.3 is 0 Å². The normalized spacial score (nSPS) is 16.5. The van der Waals surface area contributed by atoms with Gasteiger partial charge in [0.2, 0.25) is 20.2 Å². The number of ether oxygens (including phenoxy) is 3. The van der Waals surface area contributed by atoms with Crippen LogP contribution < -0.4 is 14.2 Å². The van der Waals surface area contributed by atoms with E-state index in [1.807, 2.05) is 12.1 Å². The zero-order valence-electron chi connectivity index (χ0n) is 19.2. The Kier molecular flexibility index (Phi) is 7.67. The second-order valence-electron chi connectivity index (χ2n) is 7.57. The van der Waals surface area contributed by atoms with Gasteiger partial charge in [-0.05, 0) is 35.9 Å². The van der Waals surface area contributed by atoms with Gasteiger partial charge in [-0.1, -0.05) is 29.8 Å². The summed E-state index contributed by atoms with van der Waals surface area (Å²) < 4.78 is 44.8. The molecule has 0 saturated carbocycles. The second kappa shape index (κ2) is 10.7. The van der Waals surface area contributed by atoms with Crippen LogP contribution in [-0.2, 0) is 14.6 Å². The van der Waals surface area contributed by atoms with E-state index in [4.69, 9.17) is 31.2 Å². The molecule has 2 aliphatic rings. The van der Waals surface area contributed by atoms with Crippen molar-refractivity contribution in [2.45, 2.75) is 6.42 Å². The van der Waals surface area contributed by atoms with E-state index in [1.165, 1.54) is 13.2 Å². The highest BCUT2D eigenvalue weighted by Crippen LogP contribution is 2.32. The number of fused-ring (bicyclic) bond motifs is 1. The first-order chi connectivity index (χ1) is 17.2. The monoisotopic (exact) mass is 548 g/mol. The molecular formula is C23H21ClN4O6S2. The van der Waals surface area contributed by atoms with Crippen molar-refractivity contribution in [3.8, 4) is 17.2 Å². The summed E-state index contributed by atoms with van der Waals surface area (Å²) in [5.74, 6) is 0.532. The molecule has 4 rings (SSSR count). The zero-order valence-corrected chi connectivity index (χ0v) is 21.6. The first kappa shape index (κ1) is 25.7. The van der Waals surface area contributed by atoms with Crippen molar-refractivity contribution in [3.63, 3.8) is 0 Å². The first-order valence-electron chi connectivity index (χ1n) is 10.6. The molecule has 0 aliphatic carbocycles. The van der Waals surface area contributed by atoms with Gasteiger partial charge in [-0.3, -0.25) is 10.2 Å². The molecule has 10 nitrogen and oxygen atoms in total. The van der Waals surface area contributed by atoms with Crippen LogP contribution in [0.4, 0.5) is 0 Å². The Morgan fingerprint density at radius 2 is 1.83 bits per heavy atom. The van der Waals surface area contributed by atoms with Crippen LogP contribution in [-0.4, -0.2) is 62.0 Å². The summed E-state index contributed by atoms with van der Waals surface area (Å²) in [6.45, 7) is 0.776. The Hall–Kier alpha value is -3.35. The van der Waals surface area contributed by atoms with Gasteiger partial charge in [-0.25, -0.2) is 13.3 Å². The molecule has 0 fully saturated rings. The van der Waals surface area contributed by atoms with Crippen molar-refractivity contribution in [2.75, 3.05) is 26.6 Å². The standard InChI is InChI=1S/C23H21ClN4O6S2/c1-32-19-13-14(8-9-18(19)34-11-5-10-33-17-7-4-3-6-16(17)24)12-15-20(25)28-22(26-21(15)29)35-27-23(28)36(2,30)31/h3-4,6-9,12-13,25H,5,10-11H2,1-2H3/b15-12-,25-20?. The van der Waals surface area contributed by atoms with Crippen LogP contribution in [0.3, 0.4) is 0 Å². The summed E-state index contributed by atoms with van der Waals surface area (Å²) in [4.78, 5) is 17.5. The molecule has 36 heavy (non-hydrogen) atoms. The number of nitrogens with zero attached hydrogens (tertiary/aromatic N) is 3. The topological polar surface area (TPSA) is 131 Å². The maximum Gasteiger partial charge on any atom is 0.283 e. The molecule has 0 unspecified atom stereocenters. The third-order valence-electron chi connectivity index (χ3n) is 4.97. The molecule has 0 spiro atoms. The number of benzene rings is 2. The molecule has 0 radical (unpaired) electrons. The molecule has 13 heteroatoms. The van der Waals surface area contributed by atoms with Crippen LogP contribution in [0.2, 0.25) is 5.02 Å². The van der Waals surface area contributed by atoms with Gasteiger partial charge in [0.25, 0.3) is 5.91 Å². The number of rotatable bonds is 8. The number of para-hydroxylation sites is 1. The number of amides is 1. The van der Waals surface area contributed by atoms with Gasteiger partial charge in [0.1, 0.15) is 11.6 Å². The lowest BCUT2D eigenvalue weighted by Gasteiger charge is -2.23. The maximum atomic E-state index is 12.5. The number of hydrogen-bond acceptors (Lipinski definition) is 9. The zero-order chi connectivity index (χ0) is 25.9. The fourth-order valence-corrected chi connectivity index (χ4v) is 5.32. The molecule has 2 heterocycles. The summed E-state index contributed by atoms with van der Waals surface area (Å²) in [6, 6.07) is 12.2. The minimum atomic E-state index is -3.72. The molecule has 1 N–H and O–H groups in total. The summed E-state index contributed by atoms with van der Waals surface area (Å²) >= 11 is 6.81. The average Bonchev–Trinajstić information content (AvgIpc) is 3.27. The van der Waals surface area contributed by atoms with Gasteiger partial charge < -0.3 is 14.2 Å². The first-order valence-corrected chi connectivity index (χ1v) is 13.6. The molecule has 1 amide bonds. The van der Waals surface area contributed by atoms with Crippen LogP contribution in [0.1, 0.15) is 12.0 Å². The molecular weight excluding hydrogens is 528 g/mol. The Labute approximate surface area is 217 Å². The summed E-state index contributed by atoms with van der Waals surface area (Å²) in [5, 5.41) is 8.66. The number of methoxy groups -OCH3 is 1. The highest BCUT2D eigenvalue weighted by molar-refractivity contribution is 8.16. The van der Waals surface area contributed by atoms with Crippen molar-refractivity contribution in [2.24, 2.45) is 9.39 Å². The highest BCUT2D eigenvalue weighted by Gasteiger charge is 2.41. The van der Waals surface area contributed by atoms with Crippen LogP contribution in [0.15, 0.2) is 57.4 Å². The lowest BCUT2D eigenvalue weighted by molar-refractivity contribution is -0.114. The predicted molar refractivity (Wildman–Crippen MR) is 140 cm³/mol. The summed E-state index contributed by atoms with van der Waals surface area (Å²) in [5.41, 5.74) is 0.461. The minimum absolute atomic E-state index is 0.0300. The summed E-state index contributed by atoms with van der Waals surface area (Å²) in [6.07, 6.45) is 3.02. The predicted octanol–water partition coefficient (Wildman–Crippen LogP) is 3.82. The van der Waals surface area contributed by atoms with Crippen LogP contribution in [0, 0.1) is 5.41 Å². The number of nitrogens with one attached hydrogen (secondary N) is 1. The summed E-state index contributed by atoms with van der Waals surface area (Å²) in [7, 11) is -2.24. The largest absolute Gasteiger partial charge is 0.493 e. The number of hydrogen-bond donors (Lipinski definition) is 1. The van der Waals surface area contributed by atoms with E-state index in [9.17, 15) is 13.2 Å². The Balaban J connectivity index is 1.44. The fourth-order valence-electron chi connectivity index (χ4n) is 3.28. The number of carbonyl (C=O) groups is 1. The van der Waals surface area contributed by atoms with Crippen molar-refractivity contribution in [3.05, 3.63) is 58.6 Å². The van der Waals surface area contributed by atoms with Gasteiger partial charge in [0, 0.05) is 12.7 Å². The Bertz CT molecular complexity index is 1420. The van der Waals surface area contributed by atoms with Crippen LogP contribution in [0.25, 0.3) is 6.08 Å². The van der Waals surface area contributed by atoms with E-state index < -0.39 is 15.7 Å². The number of amidine groups is 3. The molecule has 0 aromatic heterocycles. The number of carbonyl (C=O) groups excluding carboxylic acids is 1. The average molecular weight is 549 g/mol. The lowest BCUT2D eigenvalue weighted by Crippen LogP contribution is -2.45.